The van der Waals surface area contributed by atoms with Crippen molar-refractivity contribution in [3.8, 4) is 5.75 Å². The first kappa shape index (κ1) is 28.0. The predicted octanol–water partition coefficient (Wildman–Crippen LogP) is 4.85. The van der Waals surface area contributed by atoms with Crippen LogP contribution in [0.25, 0.3) is 16.8 Å². The number of nitrogens with zero attached hydrogens (tertiary/aromatic N) is 4. The van der Waals surface area contributed by atoms with Crippen LogP contribution in [0, 0.1) is 0 Å². The van der Waals surface area contributed by atoms with Crippen molar-refractivity contribution in [2.75, 3.05) is 38.2 Å². The van der Waals surface area contributed by atoms with E-state index >= 15 is 0 Å². The number of benzene rings is 2. The van der Waals surface area contributed by atoms with E-state index in [9.17, 15) is 9.59 Å². The van der Waals surface area contributed by atoms with Gasteiger partial charge in [0.25, 0.3) is 11.5 Å². The number of fused-ring (bicyclic) bond motifs is 2. The van der Waals surface area contributed by atoms with E-state index < -0.39 is 6.04 Å². The number of ether oxygens (including phenoxy) is 1. The number of carbonyl (C=O) groups is 1. The van der Waals surface area contributed by atoms with E-state index in [4.69, 9.17) is 14.1 Å². The minimum atomic E-state index is -0.710. The Balaban J connectivity index is 1.56. The molecule has 0 unspecified atom stereocenters. The van der Waals surface area contributed by atoms with Gasteiger partial charge < -0.3 is 19.0 Å². The Labute approximate surface area is 248 Å². The Kier molecular flexibility index (Phi) is 7.77. The monoisotopic (exact) mass is 584 g/mol. The molecule has 6 rings (SSSR count). The van der Waals surface area contributed by atoms with Crippen LogP contribution in [0.15, 0.2) is 74.0 Å². The van der Waals surface area contributed by atoms with E-state index in [-0.39, 0.29) is 11.5 Å². The highest BCUT2D eigenvalue weighted by atomic mass is 32.1. The summed E-state index contributed by atoms with van der Waals surface area (Å²) in [6, 6.07) is 15.1. The molecule has 1 atom stereocenters. The summed E-state index contributed by atoms with van der Waals surface area (Å²) in [5, 5.41) is 1.92. The fourth-order valence-corrected chi connectivity index (χ4v) is 7.14. The molecule has 0 radical (unpaired) electrons. The van der Waals surface area contributed by atoms with Gasteiger partial charge in [-0.15, -0.1) is 0 Å². The molecular weight excluding hydrogens is 548 g/mol. The number of rotatable bonds is 7. The van der Waals surface area contributed by atoms with E-state index in [1.165, 1.54) is 17.8 Å². The molecular formula is C33H36N4O4S. The Morgan fingerprint density at radius 2 is 1.86 bits per heavy atom. The molecule has 2 aromatic heterocycles. The first-order valence-corrected chi connectivity index (χ1v) is 15.5. The van der Waals surface area contributed by atoms with Gasteiger partial charge in [-0.25, -0.2) is 4.99 Å². The second-order valence-corrected chi connectivity index (χ2v) is 11.7. The summed E-state index contributed by atoms with van der Waals surface area (Å²) < 4.78 is 14.2. The van der Waals surface area contributed by atoms with Crippen LogP contribution in [0.1, 0.15) is 57.4 Å². The molecule has 4 aromatic rings. The fourth-order valence-electron chi connectivity index (χ4n) is 6.12. The number of furan rings is 1. The summed E-state index contributed by atoms with van der Waals surface area (Å²) in [7, 11) is 1.62. The molecule has 1 fully saturated rings. The lowest BCUT2D eigenvalue weighted by molar-refractivity contribution is -0.127. The first-order chi connectivity index (χ1) is 20.4. The number of amides is 1. The topological polar surface area (TPSA) is 80.3 Å². The molecule has 0 spiro atoms. The van der Waals surface area contributed by atoms with E-state index in [2.05, 4.69) is 4.90 Å². The highest BCUT2D eigenvalue weighted by molar-refractivity contribution is 7.07. The number of anilines is 1. The molecule has 8 nitrogen and oxygen atoms in total. The van der Waals surface area contributed by atoms with Crippen molar-refractivity contribution in [2.24, 2.45) is 4.99 Å². The van der Waals surface area contributed by atoms with Gasteiger partial charge in [-0.1, -0.05) is 41.7 Å². The largest absolute Gasteiger partial charge is 0.496 e. The van der Waals surface area contributed by atoms with Gasteiger partial charge in [0.05, 0.1) is 22.9 Å². The summed E-state index contributed by atoms with van der Waals surface area (Å²) in [5.41, 5.74) is 1.65. The van der Waals surface area contributed by atoms with E-state index in [0.717, 1.165) is 48.2 Å². The lowest BCUT2D eigenvalue weighted by Gasteiger charge is -2.30. The van der Waals surface area contributed by atoms with Crippen molar-refractivity contribution in [1.29, 1.82) is 0 Å². The van der Waals surface area contributed by atoms with Gasteiger partial charge in [-0.2, -0.15) is 0 Å². The molecule has 0 saturated carbocycles. The Hall–Kier alpha value is -4.11. The standard InChI is InChI=1S/C33H36N4O4S/c1-5-35(6-2)32(39)28-21(3)34-33-37(30(28)29-24-13-9-8-12-22(24)14-16-25(29)40-4)31(38)26(42-33)20-23-15-17-27(41-23)36-18-10-7-11-19-36/h8-9,12-17,20,30H,5-7,10-11,18-19H2,1-4H3/b26-20+/t30-/m0/s1. The van der Waals surface area contributed by atoms with Gasteiger partial charge in [0.1, 0.15) is 17.6 Å². The molecule has 4 heterocycles. The third kappa shape index (κ3) is 4.85. The minimum Gasteiger partial charge on any atom is -0.496 e. The van der Waals surface area contributed by atoms with Crippen LogP contribution < -0.4 is 24.5 Å². The van der Waals surface area contributed by atoms with Gasteiger partial charge >= 0.3 is 0 Å². The van der Waals surface area contributed by atoms with E-state index in [1.54, 1.807) is 22.7 Å². The van der Waals surface area contributed by atoms with E-state index in [0.29, 0.717) is 45.2 Å². The zero-order chi connectivity index (χ0) is 29.4. The Morgan fingerprint density at radius 1 is 1.10 bits per heavy atom. The predicted molar refractivity (Wildman–Crippen MR) is 167 cm³/mol. The quantitative estimate of drug-likeness (QED) is 0.310. The van der Waals surface area contributed by atoms with Crippen LogP contribution in [-0.4, -0.2) is 48.7 Å². The number of hydrogen-bond acceptors (Lipinski definition) is 7. The smallest absolute Gasteiger partial charge is 0.271 e. The third-order valence-corrected chi connectivity index (χ3v) is 9.26. The van der Waals surface area contributed by atoms with Crippen LogP contribution >= 0.6 is 11.3 Å². The highest BCUT2D eigenvalue weighted by Gasteiger charge is 2.36. The average molecular weight is 585 g/mol. The SMILES string of the molecule is CCN(CC)C(=O)C1=C(C)N=c2s/c(=C/c3ccc(N4CCCCC4)o3)c(=O)n2[C@@H]1c1c(OC)ccc2ccccc12. The summed E-state index contributed by atoms with van der Waals surface area (Å²) in [4.78, 5) is 37.8. The van der Waals surface area contributed by atoms with Gasteiger partial charge in [0.2, 0.25) is 0 Å². The van der Waals surface area contributed by atoms with Crippen molar-refractivity contribution < 1.29 is 13.9 Å². The van der Waals surface area contributed by atoms with Gasteiger partial charge in [-0.3, -0.25) is 14.2 Å². The maximum Gasteiger partial charge on any atom is 0.271 e. The molecule has 0 bridgehead atoms. The minimum absolute atomic E-state index is 0.132. The molecule has 42 heavy (non-hydrogen) atoms. The van der Waals surface area contributed by atoms with Crippen LogP contribution in [0.5, 0.6) is 5.75 Å². The molecule has 2 aliphatic heterocycles. The molecule has 1 saturated heterocycles. The number of likely N-dealkylation sites (N-methyl/N-ethyl adjacent to an activating group) is 1. The summed E-state index contributed by atoms with van der Waals surface area (Å²) in [6.07, 6.45) is 5.34. The molecule has 2 aromatic carbocycles. The van der Waals surface area contributed by atoms with Crippen molar-refractivity contribution >= 4 is 40.0 Å². The molecule has 2 aliphatic rings. The summed E-state index contributed by atoms with van der Waals surface area (Å²) in [5.74, 6) is 1.93. The molecule has 218 valence electrons. The Morgan fingerprint density at radius 3 is 2.60 bits per heavy atom. The van der Waals surface area contributed by atoms with Crippen LogP contribution in [0.4, 0.5) is 5.88 Å². The van der Waals surface area contributed by atoms with Crippen molar-refractivity contribution in [1.82, 2.24) is 9.47 Å². The maximum atomic E-state index is 14.3. The normalized spacial score (nSPS) is 17.4. The summed E-state index contributed by atoms with van der Waals surface area (Å²) in [6.45, 7) is 8.83. The number of thiazole rings is 1. The molecule has 0 aliphatic carbocycles. The summed E-state index contributed by atoms with van der Waals surface area (Å²) >= 11 is 1.31. The van der Waals surface area contributed by atoms with Gasteiger partial charge in [-0.05, 0) is 62.9 Å². The zero-order valence-corrected chi connectivity index (χ0v) is 25.4. The second kappa shape index (κ2) is 11.6. The van der Waals surface area contributed by atoms with Crippen LogP contribution in [0.2, 0.25) is 0 Å². The number of methoxy groups -OCH3 is 1. The molecule has 1 amide bonds. The van der Waals surface area contributed by atoms with Crippen molar-refractivity contribution in [3.05, 3.63) is 90.8 Å². The number of allylic oxidation sites excluding steroid dienone is 1. The van der Waals surface area contributed by atoms with Crippen molar-refractivity contribution in [3.63, 3.8) is 0 Å². The number of aromatic nitrogens is 1. The lowest BCUT2D eigenvalue weighted by atomic mass is 9.90. The maximum absolute atomic E-state index is 14.3. The fraction of sp³-hybridized carbons (Fsp3) is 0.364. The molecule has 0 N–H and O–H groups in total. The number of carbonyl (C=O) groups excluding carboxylic acids is 1. The highest BCUT2D eigenvalue weighted by Crippen LogP contribution is 2.40. The van der Waals surface area contributed by atoms with Crippen LogP contribution in [-0.2, 0) is 4.79 Å². The third-order valence-electron chi connectivity index (χ3n) is 8.28. The second-order valence-electron chi connectivity index (χ2n) is 10.7. The Bertz CT molecular complexity index is 1850. The number of piperidine rings is 1. The first-order valence-electron chi connectivity index (χ1n) is 14.7. The lowest BCUT2D eigenvalue weighted by Crippen LogP contribution is -2.43. The zero-order valence-electron chi connectivity index (χ0n) is 24.6. The molecule has 9 heteroatoms. The number of hydrogen-bond donors (Lipinski definition) is 0. The average Bonchev–Trinajstić information content (AvgIpc) is 3.61. The van der Waals surface area contributed by atoms with Gasteiger partial charge in [0.15, 0.2) is 10.7 Å². The van der Waals surface area contributed by atoms with E-state index in [1.807, 2.05) is 69.3 Å². The van der Waals surface area contributed by atoms with Crippen LogP contribution in [0.3, 0.4) is 0 Å². The van der Waals surface area contributed by atoms with Gasteiger partial charge in [0, 0.05) is 43.9 Å². The van der Waals surface area contributed by atoms with Crippen molar-refractivity contribution in [2.45, 2.75) is 46.1 Å².